The molecule has 5 nitrogen and oxygen atoms in total. The molecule has 3 aromatic rings. The monoisotopic (exact) mass is 483 g/mol. The molecule has 2 N–H and O–H groups in total. The fourth-order valence-electron chi connectivity index (χ4n) is 3.57. The fourth-order valence-corrected chi connectivity index (χ4v) is 6.41. The number of aromatic amines is 1. The number of nitrogens with one attached hydrogen (secondary N) is 2. The summed E-state index contributed by atoms with van der Waals surface area (Å²) in [5, 5.41) is 0.949. The normalized spacial score (nSPS) is 15.9. The number of hydrogen-bond donors (Lipinski definition) is 2. The van der Waals surface area contributed by atoms with E-state index in [1.54, 1.807) is 17.4 Å². The van der Waals surface area contributed by atoms with Crippen LogP contribution in [0.25, 0.3) is 10.2 Å². The molecule has 1 aliphatic rings. The topological polar surface area (TPSA) is 66.9 Å². The Morgan fingerprint density at radius 1 is 1.50 bits per heavy atom. The van der Waals surface area contributed by atoms with Gasteiger partial charge in [0.05, 0.1) is 11.1 Å². The number of thioether (sulfide) groups is 1. The van der Waals surface area contributed by atoms with Crippen LogP contribution in [0.4, 0.5) is 4.39 Å². The van der Waals surface area contributed by atoms with Crippen LogP contribution in [-0.4, -0.2) is 21.3 Å². The van der Waals surface area contributed by atoms with Crippen molar-refractivity contribution in [1.82, 2.24) is 9.66 Å². The van der Waals surface area contributed by atoms with Gasteiger partial charge in [-0.3, -0.25) is 15.0 Å². The summed E-state index contributed by atoms with van der Waals surface area (Å²) in [5.41, 5.74) is 4.13. The SMILES string of the molecule is C[C@H]1CCc2c(sc3[nH]c(=S)n(NC(=O)CSCc4ccc(F)cc4Cl)c(=O)c23)C1. The summed E-state index contributed by atoms with van der Waals surface area (Å²) < 4.78 is 14.4. The largest absolute Gasteiger partial charge is 0.322 e. The molecule has 2 aromatic heterocycles. The van der Waals surface area contributed by atoms with Crippen LogP contribution in [0.3, 0.4) is 0 Å². The van der Waals surface area contributed by atoms with Gasteiger partial charge in [-0.15, -0.1) is 23.1 Å². The van der Waals surface area contributed by atoms with Gasteiger partial charge < -0.3 is 4.98 Å². The van der Waals surface area contributed by atoms with E-state index in [4.69, 9.17) is 23.8 Å². The Balaban J connectivity index is 1.50. The molecule has 0 radical (unpaired) electrons. The van der Waals surface area contributed by atoms with Crippen molar-refractivity contribution in [2.24, 2.45) is 5.92 Å². The van der Waals surface area contributed by atoms with Gasteiger partial charge in [-0.1, -0.05) is 24.6 Å². The lowest BCUT2D eigenvalue weighted by atomic mass is 9.89. The zero-order valence-corrected chi connectivity index (χ0v) is 19.3. The van der Waals surface area contributed by atoms with Crippen molar-refractivity contribution in [3.63, 3.8) is 0 Å². The summed E-state index contributed by atoms with van der Waals surface area (Å²) in [5.74, 6) is 0.398. The van der Waals surface area contributed by atoms with Crippen LogP contribution in [0.15, 0.2) is 23.0 Å². The molecule has 0 saturated heterocycles. The van der Waals surface area contributed by atoms with Crippen LogP contribution in [0, 0.1) is 16.5 Å². The highest BCUT2D eigenvalue weighted by Gasteiger charge is 2.23. The Hall–Kier alpha value is -1.68. The number of benzene rings is 1. The van der Waals surface area contributed by atoms with E-state index in [0.717, 1.165) is 39.9 Å². The Labute approximate surface area is 190 Å². The summed E-state index contributed by atoms with van der Waals surface area (Å²) >= 11 is 14.2. The maximum absolute atomic E-state index is 13.1. The Morgan fingerprint density at radius 3 is 3.07 bits per heavy atom. The van der Waals surface area contributed by atoms with Gasteiger partial charge in [-0.2, -0.15) is 4.68 Å². The number of carbonyl (C=O) groups is 1. The van der Waals surface area contributed by atoms with Crippen LogP contribution in [0.5, 0.6) is 0 Å². The Bertz CT molecular complexity index is 1250. The molecule has 158 valence electrons. The zero-order valence-electron chi connectivity index (χ0n) is 16.1. The van der Waals surface area contributed by atoms with Gasteiger partial charge in [0.1, 0.15) is 10.6 Å². The average molecular weight is 484 g/mol. The fraction of sp³-hybridized carbons (Fsp3) is 0.350. The molecular weight excluding hydrogens is 465 g/mol. The van der Waals surface area contributed by atoms with Crippen molar-refractivity contribution < 1.29 is 9.18 Å². The van der Waals surface area contributed by atoms with Crippen LogP contribution in [-0.2, 0) is 23.4 Å². The van der Waals surface area contributed by atoms with E-state index in [1.165, 1.54) is 28.8 Å². The summed E-state index contributed by atoms with van der Waals surface area (Å²) in [4.78, 5) is 30.6. The summed E-state index contributed by atoms with van der Waals surface area (Å²) in [6.45, 7) is 2.21. The molecular formula is C20H19ClFN3O2S3. The van der Waals surface area contributed by atoms with E-state index in [1.807, 2.05) is 0 Å². The standard InChI is InChI=1S/C20H19ClFN3O2S3/c1-10-2-5-13-15(6-10)30-18-17(13)19(27)25(20(28)23-18)24-16(26)9-29-8-11-3-4-12(22)7-14(11)21/h3-4,7,10H,2,5-6,8-9H2,1H3,(H,23,28)(H,24,26)/t10-/m0/s1. The number of aromatic nitrogens is 2. The average Bonchev–Trinajstić information content (AvgIpc) is 3.03. The third-order valence-electron chi connectivity index (χ3n) is 5.09. The van der Waals surface area contributed by atoms with E-state index in [2.05, 4.69) is 17.3 Å². The van der Waals surface area contributed by atoms with Crippen molar-refractivity contribution in [2.75, 3.05) is 11.2 Å². The first-order valence-corrected chi connectivity index (χ1v) is 12.2. The number of hydrogen-bond acceptors (Lipinski definition) is 5. The van der Waals surface area contributed by atoms with Gasteiger partial charge in [0.15, 0.2) is 0 Å². The highest BCUT2D eigenvalue weighted by molar-refractivity contribution is 7.99. The first-order valence-electron chi connectivity index (χ1n) is 9.44. The van der Waals surface area contributed by atoms with Gasteiger partial charge in [0.2, 0.25) is 10.7 Å². The van der Waals surface area contributed by atoms with Crippen LogP contribution in [0.2, 0.25) is 5.02 Å². The van der Waals surface area contributed by atoms with E-state index < -0.39 is 5.82 Å². The molecule has 1 amide bonds. The molecule has 1 aliphatic carbocycles. The number of fused-ring (bicyclic) bond motifs is 3. The minimum atomic E-state index is -0.402. The molecule has 10 heteroatoms. The van der Waals surface area contributed by atoms with E-state index in [0.29, 0.717) is 22.1 Å². The molecule has 1 atom stereocenters. The molecule has 0 bridgehead atoms. The zero-order chi connectivity index (χ0) is 21.4. The smallest absolute Gasteiger partial charge is 0.282 e. The van der Waals surface area contributed by atoms with Gasteiger partial charge in [0, 0.05) is 15.7 Å². The molecule has 1 aromatic carbocycles. The molecule has 0 spiro atoms. The summed E-state index contributed by atoms with van der Waals surface area (Å²) in [6.07, 6.45) is 2.87. The maximum Gasteiger partial charge on any atom is 0.282 e. The minimum Gasteiger partial charge on any atom is -0.322 e. The molecule has 0 saturated carbocycles. The number of thiophene rings is 1. The van der Waals surface area contributed by atoms with Crippen molar-refractivity contribution >= 4 is 63.0 Å². The van der Waals surface area contributed by atoms with Gasteiger partial charge >= 0.3 is 0 Å². The highest BCUT2D eigenvalue weighted by atomic mass is 35.5. The Morgan fingerprint density at radius 2 is 2.30 bits per heavy atom. The van der Waals surface area contributed by atoms with Crippen molar-refractivity contribution in [2.45, 2.75) is 31.9 Å². The molecule has 30 heavy (non-hydrogen) atoms. The molecule has 0 unspecified atom stereocenters. The number of aryl methyl sites for hydroxylation is 1. The second-order valence-electron chi connectivity index (χ2n) is 7.39. The predicted molar refractivity (Wildman–Crippen MR) is 124 cm³/mol. The number of halogens is 2. The van der Waals surface area contributed by atoms with E-state index in [9.17, 15) is 14.0 Å². The summed E-state index contributed by atoms with van der Waals surface area (Å²) in [6, 6.07) is 4.17. The molecule has 0 fully saturated rings. The van der Waals surface area contributed by atoms with E-state index >= 15 is 0 Å². The van der Waals surface area contributed by atoms with Crippen LogP contribution >= 0.6 is 46.9 Å². The number of carbonyl (C=O) groups excluding carboxylic acids is 1. The first kappa shape index (κ1) is 21.5. The second-order valence-corrected chi connectivity index (χ2v) is 10.3. The predicted octanol–water partition coefficient (Wildman–Crippen LogP) is 5.04. The third-order valence-corrected chi connectivity index (χ3v) is 7.88. The molecule has 2 heterocycles. The number of rotatable bonds is 5. The number of H-pyrrole nitrogens is 1. The van der Waals surface area contributed by atoms with Gasteiger partial charge in [-0.05, 0) is 60.7 Å². The van der Waals surface area contributed by atoms with Crippen LogP contribution in [0.1, 0.15) is 29.3 Å². The van der Waals surface area contributed by atoms with Crippen LogP contribution < -0.4 is 11.0 Å². The molecule has 4 rings (SSSR count). The highest BCUT2D eigenvalue weighted by Crippen LogP contribution is 2.35. The van der Waals surface area contributed by atoms with Crippen molar-refractivity contribution in [3.05, 3.63) is 60.2 Å². The third kappa shape index (κ3) is 4.34. The minimum absolute atomic E-state index is 0.103. The van der Waals surface area contributed by atoms with Crippen molar-refractivity contribution in [1.29, 1.82) is 0 Å². The first-order chi connectivity index (χ1) is 14.3. The number of nitrogens with zero attached hydrogens (tertiary/aromatic N) is 1. The quantitative estimate of drug-likeness (QED) is 0.499. The Kier molecular flexibility index (Phi) is 6.34. The van der Waals surface area contributed by atoms with Gasteiger partial charge in [0.25, 0.3) is 5.56 Å². The maximum atomic E-state index is 13.1. The molecule has 0 aliphatic heterocycles. The lowest BCUT2D eigenvalue weighted by Crippen LogP contribution is -2.35. The number of amides is 1. The lowest BCUT2D eigenvalue weighted by molar-refractivity contribution is -0.114. The van der Waals surface area contributed by atoms with E-state index in [-0.39, 0.29) is 22.0 Å². The second kappa shape index (κ2) is 8.82. The summed E-state index contributed by atoms with van der Waals surface area (Å²) in [7, 11) is 0. The van der Waals surface area contributed by atoms with Gasteiger partial charge in [-0.25, -0.2) is 4.39 Å². The van der Waals surface area contributed by atoms with Crippen molar-refractivity contribution in [3.8, 4) is 0 Å². The lowest BCUT2D eigenvalue weighted by Gasteiger charge is -2.17.